The van der Waals surface area contributed by atoms with Crippen molar-refractivity contribution in [3.8, 4) is 23.0 Å². The summed E-state index contributed by atoms with van der Waals surface area (Å²) in [6.07, 6.45) is 1.29. The van der Waals surface area contributed by atoms with Crippen LogP contribution >= 0.6 is 15.9 Å². The standard InChI is InChI=1S/C34H28BrN3O9/c1-3-45-29-16-22(12-13-28(29)46-19-21-8-5-4-6-9-21)20-47-31-27(35)15-23(17-30(31)44-2)14-26-32(39)36-34(41)37(33(26)40)24-10-7-11-25(18-24)38(42)43/h4-18H,3,19-20H2,1-2H3,(H,36,39,41)/b26-14-. The Morgan fingerprint density at radius 2 is 1.62 bits per heavy atom. The molecule has 12 nitrogen and oxygen atoms in total. The quantitative estimate of drug-likeness (QED) is 0.0748. The fraction of sp³-hybridized carbons (Fsp3) is 0.147. The molecule has 13 heteroatoms. The zero-order valence-electron chi connectivity index (χ0n) is 25.2. The summed E-state index contributed by atoms with van der Waals surface area (Å²) in [5, 5.41) is 13.3. The highest BCUT2D eigenvalue weighted by molar-refractivity contribution is 9.10. The Kier molecular flexibility index (Phi) is 10.2. The third kappa shape index (κ3) is 7.59. The molecule has 1 fully saturated rings. The largest absolute Gasteiger partial charge is 0.493 e. The number of imide groups is 2. The molecule has 0 unspecified atom stereocenters. The van der Waals surface area contributed by atoms with Crippen molar-refractivity contribution in [2.45, 2.75) is 20.1 Å². The van der Waals surface area contributed by atoms with Gasteiger partial charge in [-0.15, -0.1) is 0 Å². The van der Waals surface area contributed by atoms with Crippen LogP contribution in [0.15, 0.2) is 95.0 Å². The maximum Gasteiger partial charge on any atom is 0.335 e. The van der Waals surface area contributed by atoms with Crippen molar-refractivity contribution < 1.29 is 38.3 Å². The van der Waals surface area contributed by atoms with Gasteiger partial charge in [0, 0.05) is 12.1 Å². The molecule has 1 aliphatic heterocycles. The molecular weight excluding hydrogens is 674 g/mol. The van der Waals surface area contributed by atoms with Gasteiger partial charge in [-0.05, 0) is 76.0 Å². The summed E-state index contributed by atoms with van der Waals surface area (Å²) in [4.78, 5) is 49.8. The van der Waals surface area contributed by atoms with Gasteiger partial charge in [-0.2, -0.15) is 0 Å². The first-order valence-electron chi connectivity index (χ1n) is 14.3. The molecule has 5 rings (SSSR count). The molecule has 240 valence electrons. The minimum Gasteiger partial charge on any atom is -0.493 e. The molecule has 4 aromatic rings. The van der Waals surface area contributed by atoms with Gasteiger partial charge in [0.15, 0.2) is 23.0 Å². The Morgan fingerprint density at radius 1 is 0.851 bits per heavy atom. The smallest absolute Gasteiger partial charge is 0.335 e. The van der Waals surface area contributed by atoms with E-state index in [1.54, 1.807) is 12.1 Å². The molecule has 1 N–H and O–H groups in total. The molecule has 0 atom stereocenters. The van der Waals surface area contributed by atoms with Gasteiger partial charge >= 0.3 is 6.03 Å². The van der Waals surface area contributed by atoms with Gasteiger partial charge in [-0.25, -0.2) is 9.69 Å². The highest BCUT2D eigenvalue weighted by Crippen LogP contribution is 2.39. The first kappa shape index (κ1) is 32.7. The van der Waals surface area contributed by atoms with E-state index < -0.39 is 22.8 Å². The number of rotatable bonds is 12. The van der Waals surface area contributed by atoms with Crippen molar-refractivity contribution >= 4 is 51.2 Å². The summed E-state index contributed by atoms with van der Waals surface area (Å²) in [6, 6.07) is 22.5. The summed E-state index contributed by atoms with van der Waals surface area (Å²) < 4.78 is 23.9. The van der Waals surface area contributed by atoms with Crippen LogP contribution in [-0.4, -0.2) is 36.5 Å². The zero-order chi connectivity index (χ0) is 33.5. The van der Waals surface area contributed by atoms with E-state index in [4.69, 9.17) is 18.9 Å². The highest BCUT2D eigenvalue weighted by atomic mass is 79.9. The van der Waals surface area contributed by atoms with Gasteiger partial charge in [0.05, 0.1) is 28.8 Å². The number of barbiturate groups is 1. The van der Waals surface area contributed by atoms with Crippen LogP contribution in [0.4, 0.5) is 16.2 Å². The molecule has 0 saturated carbocycles. The number of hydrogen-bond acceptors (Lipinski definition) is 9. The second kappa shape index (κ2) is 14.6. The van der Waals surface area contributed by atoms with Crippen molar-refractivity contribution in [2.24, 2.45) is 0 Å². The summed E-state index contributed by atoms with van der Waals surface area (Å²) in [5.74, 6) is -0.0261. The lowest BCUT2D eigenvalue weighted by Gasteiger charge is -2.26. The lowest BCUT2D eigenvalue weighted by atomic mass is 10.1. The van der Waals surface area contributed by atoms with Crippen LogP contribution in [0.25, 0.3) is 6.08 Å². The normalized spacial score (nSPS) is 13.7. The number of nitro groups is 1. The third-order valence-electron chi connectivity index (χ3n) is 6.89. The topological polar surface area (TPSA) is 147 Å². The number of nitrogens with zero attached hydrogens (tertiary/aromatic N) is 2. The number of carbonyl (C=O) groups excluding carboxylic acids is 3. The van der Waals surface area contributed by atoms with Gasteiger partial charge < -0.3 is 18.9 Å². The molecule has 1 heterocycles. The first-order valence-corrected chi connectivity index (χ1v) is 15.1. The van der Waals surface area contributed by atoms with Crippen LogP contribution in [0.2, 0.25) is 0 Å². The van der Waals surface area contributed by atoms with Gasteiger partial charge in [0.1, 0.15) is 18.8 Å². The van der Waals surface area contributed by atoms with Crippen LogP contribution in [-0.2, 0) is 22.8 Å². The van der Waals surface area contributed by atoms with E-state index in [0.717, 1.165) is 17.2 Å². The summed E-state index contributed by atoms with van der Waals surface area (Å²) >= 11 is 3.49. The summed E-state index contributed by atoms with van der Waals surface area (Å²) in [7, 11) is 1.44. The number of hydrogen-bond donors (Lipinski definition) is 1. The van der Waals surface area contributed by atoms with Crippen LogP contribution < -0.4 is 29.2 Å². The predicted molar refractivity (Wildman–Crippen MR) is 176 cm³/mol. The van der Waals surface area contributed by atoms with Crippen LogP contribution in [0, 0.1) is 10.1 Å². The van der Waals surface area contributed by atoms with Gasteiger partial charge in [-0.1, -0.05) is 42.5 Å². The van der Waals surface area contributed by atoms with Crippen LogP contribution in [0.3, 0.4) is 0 Å². The molecule has 0 aromatic heterocycles. The van der Waals surface area contributed by atoms with Crippen LogP contribution in [0.1, 0.15) is 23.6 Å². The summed E-state index contributed by atoms with van der Waals surface area (Å²) in [6.45, 7) is 2.87. The van der Waals surface area contributed by atoms with Crippen molar-refractivity contribution in [3.05, 3.63) is 122 Å². The van der Waals surface area contributed by atoms with E-state index in [9.17, 15) is 24.5 Å². The second-order valence-corrected chi connectivity index (χ2v) is 10.9. The highest BCUT2D eigenvalue weighted by Gasteiger charge is 2.37. The van der Waals surface area contributed by atoms with E-state index in [2.05, 4.69) is 21.2 Å². The van der Waals surface area contributed by atoms with E-state index in [0.29, 0.717) is 51.1 Å². The second-order valence-electron chi connectivity index (χ2n) is 10.0. The Hall–Kier alpha value is -5.69. The Morgan fingerprint density at radius 3 is 2.34 bits per heavy atom. The Balaban J connectivity index is 1.35. The number of nitro benzene ring substituents is 1. The molecule has 4 aromatic carbocycles. The molecule has 0 aliphatic carbocycles. The summed E-state index contributed by atoms with van der Waals surface area (Å²) in [5.41, 5.74) is 1.46. The molecule has 47 heavy (non-hydrogen) atoms. The molecule has 4 amide bonds. The number of nitrogens with one attached hydrogen (secondary N) is 1. The number of methoxy groups -OCH3 is 1. The predicted octanol–water partition coefficient (Wildman–Crippen LogP) is 6.59. The molecule has 1 aliphatic rings. The average molecular weight is 703 g/mol. The monoisotopic (exact) mass is 701 g/mol. The number of benzene rings is 4. The molecular formula is C34H28BrN3O9. The number of carbonyl (C=O) groups is 3. The van der Waals surface area contributed by atoms with Crippen molar-refractivity contribution in [1.29, 1.82) is 0 Å². The lowest BCUT2D eigenvalue weighted by Crippen LogP contribution is -2.54. The number of ether oxygens (including phenoxy) is 4. The number of amides is 4. The van der Waals surface area contributed by atoms with Gasteiger partial charge in [-0.3, -0.25) is 25.0 Å². The Bertz CT molecular complexity index is 1880. The molecule has 0 radical (unpaired) electrons. The first-order chi connectivity index (χ1) is 22.7. The number of urea groups is 1. The van der Waals surface area contributed by atoms with Gasteiger partial charge in [0.25, 0.3) is 17.5 Å². The fourth-order valence-electron chi connectivity index (χ4n) is 4.69. The van der Waals surface area contributed by atoms with Crippen molar-refractivity contribution in [1.82, 2.24) is 5.32 Å². The van der Waals surface area contributed by atoms with E-state index in [1.807, 2.05) is 55.5 Å². The number of halogens is 1. The lowest BCUT2D eigenvalue weighted by molar-refractivity contribution is -0.384. The van der Waals surface area contributed by atoms with E-state index in [-0.39, 0.29) is 23.6 Å². The minimum atomic E-state index is -1.02. The molecule has 0 spiro atoms. The minimum absolute atomic E-state index is 0.0640. The van der Waals surface area contributed by atoms with Crippen LogP contribution in [0.5, 0.6) is 23.0 Å². The maximum atomic E-state index is 13.3. The Labute approximate surface area is 277 Å². The molecule has 0 bridgehead atoms. The third-order valence-corrected chi connectivity index (χ3v) is 7.48. The van der Waals surface area contributed by atoms with Crippen molar-refractivity contribution in [2.75, 3.05) is 18.6 Å². The van der Waals surface area contributed by atoms with Gasteiger partial charge in [0.2, 0.25) is 0 Å². The average Bonchev–Trinajstić information content (AvgIpc) is 3.06. The zero-order valence-corrected chi connectivity index (χ0v) is 26.8. The fourth-order valence-corrected chi connectivity index (χ4v) is 5.26. The number of non-ortho nitro benzene ring substituents is 1. The van der Waals surface area contributed by atoms with Crippen molar-refractivity contribution in [3.63, 3.8) is 0 Å². The molecule has 1 saturated heterocycles. The number of anilines is 1. The maximum absolute atomic E-state index is 13.3. The van der Waals surface area contributed by atoms with E-state index >= 15 is 0 Å². The SMILES string of the molecule is CCOc1cc(COc2c(Br)cc(/C=C3/C(=O)NC(=O)N(c4cccc([N+](=O)[O-])c4)C3=O)cc2OC)ccc1OCc1ccccc1. The van der Waals surface area contributed by atoms with E-state index in [1.165, 1.54) is 31.4 Å².